The fourth-order valence-electron chi connectivity index (χ4n) is 2.32. The van der Waals surface area contributed by atoms with Crippen molar-refractivity contribution in [3.05, 3.63) is 76.2 Å². The van der Waals surface area contributed by atoms with Gasteiger partial charge in [0.25, 0.3) is 5.91 Å². The molecule has 0 radical (unpaired) electrons. The van der Waals surface area contributed by atoms with Crippen LogP contribution in [0.15, 0.2) is 59.5 Å². The molecule has 0 atom stereocenters. The minimum Gasteiger partial charge on any atom is -0.478 e. The second kappa shape index (κ2) is 6.98. The quantitative estimate of drug-likeness (QED) is 0.668. The lowest BCUT2D eigenvalue weighted by Gasteiger charge is -2.14. The summed E-state index contributed by atoms with van der Waals surface area (Å²) in [5, 5.41) is 9.05. The van der Waals surface area contributed by atoms with Gasteiger partial charge in [-0.05, 0) is 29.3 Å². The molecule has 0 spiro atoms. The summed E-state index contributed by atoms with van der Waals surface area (Å²) in [4.78, 5) is 25.7. The standard InChI is InChI=1S/C18H13NO3S2/c20-16-15(10-13-7-4-8-14(9-13)17(21)22)24-18(23)19(16)11-12-5-2-1-3-6-12/h1-10H,11H2,(H,21,22)/b15-10-. The summed E-state index contributed by atoms with van der Waals surface area (Å²) < 4.78 is 0.504. The maximum atomic E-state index is 12.6. The Morgan fingerprint density at radius 1 is 1.17 bits per heavy atom. The van der Waals surface area contributed by atoms with Crippen LogP contribution in [0.4, 0.5) is 0 Å². The van der Waals surface area contributed by atoms with Gasteiger partial charge in [0.2, 0.25) is 0 Å². The van der Waals surface area contributed by atoms with E-state index in [1.165, 1.54) is 23.9 Å². The number of aromatic carboxylic acids is 1. The van der Waals surface area contributed by atoms with Crippen LogP contribution in [0.25, 0.3) is 6.08 Å². The van der Waals surface area contributed by atoms with Crippen molar-refractivity contribution in [2.24, 2.45) is 0 Å². The lowest BCUT2D eigenvalue weighted by molar-refractivity contribution is -0.122. The van der Waals surface area contributed by atoms with Gasteiger partial charge in [0.05, 0.1) is 17.0 Å². The van der Waals surface area contributed by atoms with Crippen LogP contribution < -0.4 is 0 Å². The van der Waals surface area contributed by atoms with Crippen molar-refractivity contribution in [3.63, 3.8) is 0 Å². The molecule has 0 aliphatic carbocycles. The van der Waals surface area contributed by atoms with E-state index in [0.29, 0.717) is 21.3 Å². The number of benzene rings is 2. The molecule has 2 aromatic rings. The molecule has 2 aromatic carbocycles. The number of thioether (sulfide) groups is 1. The van der Waals surface area contributed by atoms with E-state index < -0.39 is 5.97 Å². The average Bonchev–Trinajstić information content (AvgIpc) is 2.83. The first-order valence-electron chi connectivity index (χ1n) is 7.17. The van der Waals surface area contributed by atoms with Gasteiger partial charge in [-0.2, -0.15) is 0 Å². The first-order valence-corrected chi connectivity index (χ1v) is 8.40. The predicted octanol–water partition coefficient (Wildman–Crippen LogP) is 3.79. The zero-order valence-corrected chi connectivity index (χ0v) is 14.1. The van der Waals surface area contributed by atoms with Gasteiger partial charge in [-0.25, -0.2) is 4.79 Å². The minimum atomic E-state index is -0.998. The van der Waals surface area contributed by atoms with E-state index in [9.17, 15) is 9.59 Å². The van der Waals surface area contributed by atoms with Crippen molar-refractivity contribution in [3.8, 4) is 0 Å². The first-order chi connectivity index (χ1) is 11.5. The zero-order valence-electron chi connectivity index (χ0n) is 12.5. The Bertz CT molecular complexity index is 846. The molecule has 0 saturated carbocycles. The van der Waals surface area contributed by atoms with Crippen LogP contribution in [-0.2, 0) is 11.3 Å². The molecule has 1 amide bonds. The number of amides is 1. The number of rotatable bonds is 4. The van der Waals surface area contributed by atoms with Crippen molar-refractivity contribution in [2.75, 3.05) is 0 Å². The maximum absolute atomic E-state index is 12.6. The summed E-state index contributed by atoms with van der Waals surface area (Å²) >= 11 is 6.54. The van der Waals surface area contributed by atoms with Gasteiger partial charge in [0, 0.05) is 0 Å². The highest BCUT2D eigenvalue weighted by Crippen LogP contribution is 2.33. The highest BCUT2D eigenvalue weighted by molar-refractivity contribution is 8.26. The van der Waals surface area contributed by atoms with Gasteiger partial charge in [-0.1, -0.05) is 66.4 Å². The maximum Gasteiger partial charge on any atom is 0.335 e. The Morgan fingerprint density at radius 3 is 2.62 bits per heavy atom. The highest BCUT2D eigenvalue weighted by Gasteiger charge is 2.31. The summed E-state index contributed by atoms with van der Waals surface area (Å²) in [5.74, 6) is -1.16. The monoisotopic (exact) mass is 355 g/mol. The lowest BCUT2D eigenvalue weighted by Crippen LogP contribution is -2.27. The molecule has 3 rings (SSSR count). The SMILES string of the molecule is O=C(O)c1cccc(/C=C2\SC(=S)N(Cc3ccccc3)C2=O)c1. The number of hydrogen-bond donors (Lipinski definition) is 1. The molecule has 0 unspecified atom stereocenters. The Labute approximate surface area is 148 Å². The van der Waals surface area contributed by atoms with Gasteiger partial charge in [0.15, 0.2) is 0 Å². The number of thiocarbonyl (C=S) groups is 1. The third-order valence-corrected chi connectivity index (χ3v) is 4.87. The van der Waals surface area contributed by atoms with E-state index in [-0.39, 0.29) is 11.5 Å². The van der Waals surface area contributed by atoms with E-state index in [1.807, 2.05) is 30.3 Å². The fraction of sp³-hybridized carbons (Fsp3) is 0.0556. The van der Waals surface area contributed by atoms with Gasteiger partial charge in [-0.3, -0.25) is 9.69 Å². The van der Waals surface area contributed by atoms with Gasteiger partial charge < -0.3 is 5.11 Å². The van der Waals surface area contributed by atoms with Crippen molar-refractivity contribution in [2.45, 2.75) is 6.54 Å². The fourth-order valence-corrected chi connectivity index (χ4v) is 3.57. The molecule has 1 aliphatic rings. The van der Waals surface area contributed by atoms with Crippen LogP contribution in [0.1, 0.15) is 21.5 Å². The average molecular weight is 355 g/mol. The second-order valence-electron chi connectivity index (χ2n) is 5.18. The topological polar surface area (TPSA) is 57.6 Å². The molecule has 6 heteroatoms. The van der Waals surface area contributed by atoms with Crippen LogP contribution in [0.2, 0.25) is 0 Å². The molecular weight excluding hydrogens is 342 g/mol. The smallest absolute Gasteiger partial charge is 0.335 e. The molecule has 1 N–H and O–H groups in total. The van der Waals surface area contributed by atoms with Gasteiger partial charge >= 0.3 is 5.97 Å². The van der Waals surface area contributed by atoms with E-state index in [4.69, 9.17) is 17.3 Å². The van der Waals surface area contributed by atoms with Gasteiger partial charge in [-0.15, -0.1) is 0 Å². The van der Waals surface area contributed by atoms with Crippen LogP contribution in [0.3, 0.4) is 0 Å². The summed E-state index contributed by atoms with van der Waals surface area (Å²) in [6.45, 7) is 0.429. The van der Waals surface area contributed by atoms with Gasteiger partial charge in [0.1, 0.15) is 4.32 Å². The van der Waals surface area contributed by atoms with Crippen LogP contribution >= 0.6 is 24.0 Å². The number of carbonyl (C=O) groups is 2. The number of carboxylic acid groups (broad SMARTS) is 1. The molecule has 1 aliphatic heterocycles. The van der Waals surface area contributed by atoms with Crippen LogP contribution in [0.5, 0.6) is 0 Å². The molecule has 1 fully saturated rings. The Morgan fingerprint density at radius 2 is 1.92 bits per heavy atom. The number of carbonyl (C=O) groups excluding carboxylic acids is 1. The van der Waals surface area contributed by atoms with E-state index in [0.717, 1.165) is 5.56 Å². The Kier molecular flexibility index (Phi) is 4.78. The Hall–Kier alpha value is -2.44. The van der Waals surface area contributed by atoms with Crippen LogP contribution in [-0.4, -0.2) is 26.2 Å². The van der Waals surface area contributed by atoms with Crippen molar-refractivity contribution >= 4 is 46.3 Å². The summed E-state index contributed by atoms with van der Waals surface area (Å²) in [6, 6.07) is 16.1. The molecule has 1 heterocycles. The molecular formula is C18H13NO3S2. The number of carboxylic acids is 1. The third kappa shape index (κ3) is 3.55. The largest absolute Gasteiger partial charge is 0.478 e. The van der Waals surface area contributed by atoms with E-state index in [1.54, 1.807) is 23.1 Å². The molecule has 0 aromatic heterocycles. The number of hydrogen-bond acceptors (Lipinski definition) is 4. The highest BCUT2D eigenvalue weighted by atomic mass is 32.2. The number of nitrogens with zero attached hydrogens (tertiary/aromatic N) is 1. The summed E-state index contributed by atoms with van der Waals surface area (Å²) in [5.41, 5.74) is 1.85. The molecule has 0 bridgehead atoms. The van der Waals surface area contributed by atoms with Crippen molar-refractivity contribution in [1.82, 2.24) is 4.90 Å². The minimum absolute atomic E-state index is 0.158. The molecule has 120 valence electrons. The van der Waals surface area contributed by atoms with E-state index in [2.05, 4.69) is 0 Å². The lowest BCUT2D eigenvalue weighted by atomic mass is 10.1. The third-order valence-electron chi connectivity index (χ3n) is 3.49. The molecule has 24 heavy (non-hydrogen) atoms. The van der Waals surface area contributed by atoms with Crippen molar-refractivity contribution < 1.29 is 14.7 Å². The van der Waals surface area contributed by atoms with Crippen LogP contribution in [0, 0.1) is 0 Å². The molecule has 1 saturated heterocycles. The van der Waals surface area contributed by atoms with E-state index >= 15 is 0 Å². The Balaban J connectivity index is 1.83. The summed E-state index contributed by atoms with van der Waals surface area (Å²) in [7, 11) is 0. The second-order valence-corrected chi connectivity index (χ2v) is 6.86. The summed E-state index contributed by atoms with van der Waals surface area (Å²) in [6.07, 6.45) is 1.68. The molecule has 4 nitrogen and oxygen atoms in total. The predicted molar refractivity (Wildman–Crippen MR) is 98.6 cm³/mol. The first kappa shape index (κ1) is 16.4. The van der Waals surface area contributed by atoms with Crippen molar-refractivity contribution in [1.29, 1.82) is 0 Å². The zero-order chi connectivity index (χ0) is 17.1. The normalized spacial score (nSPS) is 16.0.